The lowest BCUT2D eigenvalue weighted by atomic mass is 10.0. The highest BCUT2D eigenvalue weighted by Gasteiger charge is 2.43. The predicted octanol–water partition coefficient (Wildman–Crippen LogP) is 3.29. The zero-order chi connectivity index (χ0) is 12.7. The first-order valence-electron chi connectivity index (χ1n) is 7.44. The van der Waals surface area contributed by atoms with Crippen LogP contribution in [-0.2, 0) is 0 Å². The van der Waals surface area contributed by atoms with Gasteiger partial charge in [0.1, 0.15) is 0 Å². The minimum atomic E-state index is 0.146. The van der Waals surface area contributed by atoms with Crippen LogP contribution in [0.4, 0.5) is 0 Å². The van der Waals surface area contributed by atoms with Crippen molar-refractivity contribution in [3.63, 3.8) is 0 Å². The molecule has 0 saturated heterocycles. The number of nitrogens with zero attached hydrogens (tertiary/aromatic N) is 2. The van der Waals surface area contributed by atoms with Crippen LogP contribution < -0.4 is 5.73 Å². The average molecular weight is 247 g/mol. The summed E-state index contributed by atoms with van der Waals surface area (Å²) in [5, 5.41) is 0. The van der Waals surface area contributed by atoms with Crippen molar-refractivity contribution >= 4 is 0 Å². The van der Waals surface area contributed by atoms with Crippen molar-refractivity contribution in [2.24, 2.45) is 23.5 Å². The highest BCUT2D eigenvalue weighted by Crippen LogP contribution is 2.52. The third-order valence-electron chi connectivity index (χ3n) is 4.33. The van der Waals surface area contributed by atoms with E-state index in [1.807, 2.05) is 12.5 Å². The van der Waals surface area contributed by atoms with Crippen LogP contribution in [0, 0.1) is 17.8 Å². The summed E-state index contributed by atoms with van der Waals surface area (Å²) < 4.78 is 2.42. The van der Waals surface area contributed by atoms with E-state index in [1.165, 1.54) is 31.4 Å². The Labute approximate surface area is 110 Å². The summed E-state index contributed by atoms with van der Waals surface area (Å²) in [4.78, 5) is 4.37. The Kier molecular flexibility index (Phi) is 3.18. The van der Waals surface area contributed by atoms with E-state index in [0.717, 1.165) is 18.3 Å². The van der Waals surface area contributed by atoms with Crippen LogP contribution in [-0.4, -0.2) is 9.55 Å². The van der Waals surface area contributed by atoms with Crippen molar-refractivity contribution in [3.05, 3.63) is 18.2 Å². The molecule has 0 aromatic carbocycles. The zero-order valence-electron chi connectivity index (χ0n) is 11.5. The molecule has 3 heteroatoms. The molecule has 0 amide bonds. The van der Waals surface area contributed by atoms with Gasteiger partial charge in [-0.15, -0.1) is 0 Å². The van der Waals surface area contributed by atoms with Crippen molar-refractivity contribution in [2.45, 2.75) is 58.0 Å². The smallest absolute Gasteiger partial charge is 0.0951 e. The van der Waals surface area contributed by atoms with Crippen molar-refractivity contribution in [1.29, 1.82) is 0 Å². The summed E-state index contributed by atoms with van der Waals surface area (Å²) >= 11 is 0. The number of aromatic nitrogens is 2. The predicted molar refractivity (Wildman–Crippen MR) is 73.1 cm³/mol. The van der Waals surface area contributed by atoms with Crippen LogP contribution in [0.15, 0.2) is 12.5 Å². The van der Waals surface area contributed by atoms with E-state index >= 15 is 0 Å². The van der Waals surface area contributed by atoms with Crippen LogP contribution in [0.1, 0.15) is 63.7 Å². The van der Waals surface area contributed by atoms with Gasteiger partial charge in [-0.2, -0.15) is 0 Å². The number of rotatable bonds is 6. The summed E-state index contributed by atoms with van der Waals surface area (Å²) in [5.74, 6) is 2.44. The van der Waals surface area contributed by atoms with Gasteiger partial charge in [0.05, 0.1) is 12.0 Å². The Bertz CT molecular complexity index is 390. The fourth-order valence-corrected chi connectivity index (χ4v) is 3.19. The fourth-order valence-electron chi connectivity index (χ4n) is 3.19. The molecule has 0 spiro atoms. The maximum Gasteiger partial charge on any atom is 0.0951 e. The van der Waals surface area contributed by atoms with Crippen LogP contribution in [0.25, 0.3) is 0 Å². The van der Waals surface area contributed by atoms with Gasteiger partial charge in [-0.1, -0.05) is 13.8 Å². The van der Waals surface area contributed by atoms with Gasteiger partial charge >= 0.3 is 0 Å². The number of hydrogen-bond donors (Lipinski definition) is 1. The first-order valence-corrected chi connectivity index (χ1v) is 7.44. The third-order valence-corrected chi connectivity index (χ3v) is 4.33. The molecule has 1 atom stereocenters. The molecule has 3 rings (SSSR count). The van der Waals surface area contributed by atoms with E-state index in [0.29, 0.717) is 12.0 Å². The molecule has 100 valence electrons. The molecule has 1 unspecified atom stereocenters. The lowest BCUT2D eigenvalue weighted by Crippen LogP contribution is -2.22. The van der Waals surface area contributed by atoms with Gasteiger partial charge < -0.3 is 10.3 Å². The maximum atomic E-state index is 6.36. The Morgan fingerprint density at radius 3 is 2.39 bits per heavy atom. The van der Waals surface area contributed by atoms with Crippen LogP contribution >= 0.6 is 0 Å². The summed E-state index contributed by atoms with van der Waals surface area (Å²) in [6.07, 6.45) is 10.7. The molecule has 18 heavy (non-hydrogen) atoms. The van der Waals surface area contributed by atoms with Crippen molar-refractivity contribution in [1.82, 2.24) is 9.55 Å². The van der Waals surface area contributed by atoms with Gasteiger partial charge in [-0.3, -0.25) is 0 Å². The van der Waals surface area contributed by atoms with Crippen LogP contribution in [0.2, 0.25) is 0 Å². The Morgan fingerprint density at radius 2 is 1.89 bits per heavy atom. The van der Waals surface area contributed by atoms with Gasteiger partial charge in [-0.25, -0.2) is 4.98 Å². The number of imidazole rings is 1. The lowest BCUT2D eigenvalue weighted by Gasteiger charge is -2.23. The second-order valence-corrected chi connectivity index (χ2v) is 6.63. The Balaban J connectivity index is 1.80. The van der Waals surface area contributed by atoms with E-state index in [9.17, 15) is 0 Å². The fraction of sp³-hybridized carbons (Fsp3) is 0.800. The standard InChI is InChI=1S/C15H25N3/c1-10(2)7-13(16)14-8-17-9-18(14)15(11-3-4-11)12-5-6-12/h8-13,15H,3-7,16H2,1-2H3. The molecular weight excluding hydrogens is 222 g/mol. The molecule has 0 radical (unpaired) electrons. The maximum absolute atomic E-state index is 6.36. The lowest BCUT2D eigenvalue weighted by molar-refractivity contribution is 0.368. The molecule has 0 aliphatic heterocycles. The quantitative estimate of drug-likeness (QED) is 0.838. The van der Waals surface area contributed by atoms with E-state index in [1.54, 1.807) is 0 Å². The normalized spacial score (nSPS) is 21.8. The SMILES string of the molecule is CC(C)CC(N)c1cncn1C(C1CC1)C1CC1. The second kappa shape index (κ2) is 4.69. The highest BCUT2D eigenvalue weighted by atomic mass is 15.1. The summed E-state index contributed by atoms with van der Waals surface area (Å²) in [6.45, 7) is 4.47. The molecule has 2 aliphatic carbocycles. The Morgan fingerprint density at radius 1 is 1.28 bits per heavy atom. The monoisotopic (exact) mass is 247 g/mol. The number of hydrogen-bond acceptors (Lipinski definition) is 2. The molecule has 2 saturated carbocycles. The molecule has 1 aromatic heterocycles. The van der Waals surface area contributed by atoms with Crippen LogP contribution in [0.5, 0.6) is 0 Å². The molecule has 1 heterocycles. The second-order valence-electron chi connectivity index (χ2n) is 6.63. The molecule has 2 N–H and O–H groups in total. The third kappa shape index (κ3) is 2.46. The van der Waals surface area contributed by atoms with E-state index in [-0.39, 0.29) is 6.04 Å². The zero-order valence-corrected chi connectivity index (χ0v) is 11.5. The van der Waals surface area contributed by atoms with Gasteiger partial charge in [0.2, 0.25) is 0 Å². The molecular formula is C15H25N3. The minimum absolute atomic E-state index is 0.146. The summed E-state index contributed by atoms with van der Waals surface area (Å²) in [7, 11) is 0. The average Bonchev–Trinajstić information content (AvgIpc) is 3.19. The summed E-state index contributed by atoms with van der Waals surface area (Å²) in [5.41, 5.74) is 7.62. The minimum Gasteiger partial charge on any atom is -0.330 e. The number of nitrogens with two attached hydrogens (primary N) is 1. The van der Waals surface area contributed by atoms with Crippen molar-refractivity contribution in [2.75, 3.05) is 0 Å². The van der Waals surface area contributed by atoms with Gasteiger partial charge in [0, 0.05) is 18.3 Å². The molecule has 2 fully saturated rings. The first-order chi connectivity index (χ1) is 8.66. The highest BCUT2D eigenvalue weighted by molar-refractivity contribution is 5.10. The molecule has 0 bridgehead atoms. The molecule has 3 nitrogen and oxygen atoms in total. The largest absolute Gasteiger partial charge is 0.330 e. The molecule has 2 aliphatic rings. The molecule has 1 aromatic rings. The topological polar surface area (TPSA) is 43.8 Å². The summed E-state index contributed by atoms with van der Waals surface area (Å²) in [6, 6.07) is 0.841. The van der Waals surface area contributed by atoms with Crippen molar-refractivity contribution < 1.29 is 0 Å². The van der Waals surface area contributed by atoms with Crippen molar-refractivity contribution in [3.8, 4) is 0 Å². The van der Waals surface area contributed by atoms with Crippen LogP contribution in [0.3, 0.4) is 0 Å². The van der Waals surface area contributed by atoms with Gasteiger partial charge in [0.25, 0.3) is 0 Å². The van der Waals surface area contributed by atoms with E-state index in [2.05, 4.69) is 23.4 Å². The van der Waals surface area contributed by atoms with E-state index < -0.39 is 0 Å². The van der Waals surface area contributed by atoms with Gasteiger partial charge in [0.15, 0.2) is 0 Å². The first kappa shape index (κ1) is 12.2. The Hall–Kier alpha value is -0.830. The van der Waals surface area contributed by atoms with Gasteiger partial charge in [-0.05, 0) is 49.9 Å². The van der Waals surface area contributed by atoms with E-state index in [4.69, 9.17) is 5.73 Å².